The van der Waals surface area contributed by atoms with E-state index in [1.165, 1.54) is 0 Å². The first-order chi connectivity index (χ1) is 9.28. The molecule has 4 nitrogen and oxygen atoms in total. The lowest BCUT2D eigenvalue weighted by molar-refractivity contribution is 1.00. The molecular formula is C15H13N3O. The SMILES string of the molecule is NCc1cc(=O)c2cc(-c3ccccn3)ccc2[nH]1. The maximum absolute atomic E-state index is 12.0. The molecule has 0 aliphatic heterocycles. The molecule has 3 N–H and O–H groups in total. The third-order valence-corrected chi connectivity index (χ3v) is 3.07. The van der Waals surface area contributed by atoms with E-state index in [1.54, 1.807) is 12.3 Å². The molecule has 0 radical (unpaired) electrons. The van der Waals surface area contributed by atoms with Gasteiger partial charge in [0.2, 0.25) is 0 Å². The second kappa shape index (κ2) is 4.66. The molecule has 2 heterocycles. The number of nitrogens with one attached hydrogen (secondary N) is 1. The van der Waals surface area contributed by atoms with Crippen molar-refractivity contribution < 1.29 is 0 Å². The molecule has 0 fully saturated rings. The lowest BCUT2D eigenvalue weighted by Gasteiger charge is -2.05. The van der Waals surface area contributed by atoms with Crippen LogP contribution in [0.1, 0.15) is 5.69 Å². The van der Waals surface area contributed by atoms with Crippen LogP contribution in [0, 0.1) is 0 Å². The Labute approximate surface area is 109 Å². The summed E-state index contributed by atoms with van der Waals surface area (Å²) in [4.78, 5) is 19.5. The molecule has 0 unspecified atom stereocenters. The van der Waals surface area contributed by atoms with Crippen molar-refractivity contribution in [3.8, 4) is 11.3 Å². The lowest BCUT2D eigenvalue weighted by Crippen LogP contribution is -2.08. The molecule has 3 rings (SSSR count). The zero-order valence-electron chi connectivity index (χ0n) is 10.3. The predicted octanol–water partition coefficient (Wildman–Crippen LogP) is 2.05. The van der Waals surface area contributed by atoms with Crippen molar-refractivity contribution >= 4 is 10.9 Å². The number of pyridine rings is 2. The number of benzene rings is 1. The van der Waals surface area contributed by atoms with Crippen LogP contribution in [0.25, 0.3) is 22.2 Å². The molecule has 0 amide bonds. The molecule has 19 heavy (non-hydrogen) atoms. The summed E-state index contributed by atoms with van der Waals surface area (Å²) in [5, 5.41) is 0.653. The van der Waals surface area contributed by atoms with Gasteiger partial charge in [-0.15, -0.1) is 0 Å². The Bertz CT molecular complexity index is 778. The summed E-state index contributed by atoms with van der Waals surface area (Å²) in [6.45, 7) is 0.327. The molecule has 1 aromatic carbocycles. The van der Waals surface area contributed by atoms with Gasteiger partial charge in [-0.2, -0.15) is 0 Å². The van der Waals surface area contributed by atoms with E-state index in [0.717, 1.165) is 22.5 Å². The van der Waals surface area contributed by atoms with Gasteiger partial charge in [0.05, 0.1) is 5.69 Å². The van der Waals surface area contributed by atoms with E-state index in [4.69, 9.17) is 5.73 Å². The Morgan fingerprint density at radius 1 is 1.16 bits per heavy atom. The van der Waals surface area contributed by atoms with Gasteiger partial charge in [0, 0.05) is 41.0 Å². The number of hydrogen-bond acceptors (Lipinski definition) is 3. The van der Waals surface area contributed by atoms with E-state index in [2.05, 4.69) is 9.97 Å². The van der Waals surface area contributed by atoms with Crippen molar-refractivity contribution in [2.75, 3.05) is 0 Å². The molecule has 4 heteroatoms. The quantitative estimate of drug-likeness (QED) is 0.732. The summed E-state index contributed by atoms with van der Waals surface area (Å²) < 4.78 is 0. The predicted molar refractivity (Wildman–Crippen MR) is 75.7 cm³/mol. The summed E-state index contributed by atoms with van der Waals surface area (Å²) in [5.41, 5.74) is 8.85. The number of H-pyrrole nitrogens is 1. The van der Waals surface area contributed by atoms with Gasteiger partial charge in [0.15, 0.2) is 5.43 Å². The van der Waals surface area contributed by atoms with E-state index in [1.807, 2.05) is 36.4 Å². The van der Waals surface area contributed by atoms with Gasteiger partial charge in [-0.3, -0.25) is 9.78 Å². The third-order valence-electron chi connectivity index (χ3n) is 3.07. The number of hydrogen-bond donors (Lipinski definition) is 2. The van der Waals surface area contributed by atoms with E-state index in [-0.39, 0.29) is 5.43 Å². The Morgan fingerprint density at radius 3 is 2.79 bits per heavy atom. The second-order valence-electron chi connectivity index (χ2n) is 4.34. The number of nitrogens with zero attached hydrogens (tertiary/aromatic N) is 1. The van der Waals surface area contributed by atoms with Crippen molar-refractivity contribution in [2.24, 2.45) is 5.73 Å². The first-order valence-electron chi connectivity index (χ1n) is 6.05. The summed E-state index contributed by atoms with van der Waals surface area (Å²) in [7, 11) is 0. The van der Waals surface area contributed by atoms with Crippen LogP contribution in [-0.2, 0) is 6.54 Å². The zero-order chi connectivity index (χ0) is 13.2. The zero-order valence-corrected chi connectivity index (χ0v) is 10.3. The van der Waals surface area contributed by atoms with Gasteiger partial charge < -0.3 is 10.7 Å². The van der Waals surface area contributed by atoms with Crippen molar-refractivity contribution in [3.63, 3.8) is 0 Å². The fourth-order valence-corrected chi connectivity index (χ4v) is 2.10. The van der Waals surface area contributed by atoms with Gasteiger partial charge in [-0.25, -0.2) is 0 Å². The molecule has 0 aliphatic carbocycles. The summed E-state index contributed by atoms with van der Waals surface area (Å²) in [6.07, 6.45) is 1.74. The molecule has 94 valence electrons. The van der Waals surface area contributed by atoms with Crippen LogP contribution in [0.15, 0.2) is 53.5 Å². The number of aromatic amines is 1. The van der Waals surface area contributed by atoms with Crippen LogP contribution >= 0.6 is 0 Å². The fourth-order valence-electron chi connectivity index (χ4n) is 2.10. The minimum Gasteiger partial charge on any atom is -0.357 e. The number of nitrogens with two attached hydrogens (primary N) is 1. The molecule has 0 saturated carbocycles. The number of fused-ring (bicyclic) bond motifs is 1. The van der Waals surface area contributed by atoms with Crippen LogP contribution in [0.2, 0.25) is 0 Å². The highest BCUT2D eigenvalue weighted by Gasteiger charge is 2.04. The van der Waals surface area contributed by atoms with E-state index in [9.17, 15) is 4.79 Å². The summed E-state index contributed by atoms with van der Waals surface area (Å²) >= 11 is 0. The molecular weight excluding hydrogens is 238 g/mol. The van der Waals surface area contributed by atoms with Crippen molar-refractivity contribution in [2.45, 2.75) is 6.54 Å². The van der Waals surface area contributed by atoms with E-state index in [0.29, 0.717) is 11.9 Å². The van der Waals surface area contributed by atoms with Crippen molar-refractivity contribution in [1.29, 1.82) is 0 Å². The maximum Gasteiger partial charge on any atom is 0.189 e. The molecule has 0 aliphatic rings. The van der Waals surface area contributed by atoms with Gasteiger partial charge >= 0.3 is 0 Å². The average Bonchev–Trinajstić information content (AvgIpc) is 2.47. The number of rotatable bonds is 2. The molecule has 0 spiro atoms. The average molecular weight is 251 g/mol. The number of aromatic nitrogens is 2. The standard InChI is InChI=1S/C15H13N3O/c16-9-11-8-15(19)12-7-10(4-5-14(12)18-11)13-3-1-2-6-17-13/h1-8H,9,16H2,(H,18,19). The Balaban J connectivity index is 2.22. The first-order valence-corrected chi connectivity index (χ1v) is 6.05. The molecule has 0 saturated heterocycles. The second-order valence-corrected chi connectivity index (χ2v) is 4.34. The van der Waals surface area contributed by atoms with Crippen LogP contribution in [0.4, 0.5) is 0 Å². The first kappa shape index (κ1) is 11.6. The molecule has 0 atom stereocenters. The Kier molecular flexibility index (Phi) is 2.85. The summed E-state index contributed by atoms with van der Waals surface area (Å²) in [6, 6.07) is 12.9. The Hall–Kier alpha value is -2.46. The van der Waals surface area contributed by atoms with Crippen molar-refractivity contribution in [3.05, 3.63) is 64.6 Å². The van der Waals surface area contributed by atoms with Crippen LogP contribution in [0.5, 0.6) is 0 Å². The van der Waals surface area contributed by atoms with E-state index >= 15 is 0 Å². The monoisotopic (exact) mass is 251 g/mol. The highest BCUT2D eigenvalue weighted by atomic mass is 16.1. The fraction of sp³-hybridized carbons (Fsp3) is 0.0667. The van der Waals surface area contributed by atoms with Gasteiger partial charge in [-0.1, -0.05) is 12.1 Å². The molecule has 3 aromatic rings. The summed E-state index contributed by atoms with van der Waals surface area (Å²) in [5.74, 6) is 0. The Morgan fingerprint density at radius 2 is 2.05 bits per heavy atom. The van der Waals surface area contributed by atoms with Gasteiger partial charge in [0.1, 0.15) is 0 Å². The normalized spacial score (nSPS) is 10.8. The topological polar surface area (TPSA) is 71.8 Å². The lowest BCUT2D eigenvalue weighted by atomic mass is 10.1. The maximum atomic E-state index is 12.0. The van der Waals surface area contributed by atoms with Gasteiger partial charge in [0.25, 0.3) is 0 Å². The highest BCUT2D eigenvalue weighted by Crippen LogP contribution is 2.20. The van der Waals surface area contributed by atoms with Crippen LogP contribution in [0.3, 0.4) is 0 Å². The molecule has 0 bridgehead atoms. The van der Waals surface area contributed by atoms with E-state index < -0.39 is 0 Å². The minimum atomic E-state index is -0.0213. The van der Waals surface area contributed by atoms with Gasteiger partial charge in [-0.05, 0) is 24.3 Å². The van der Waals surface area contributed by atoms with Crippen LogP contribution < -0.4 is 11.2 Å². The highest BCUT2D eigenvalue weighted by molar-refractivity contribution is 5.83. The van der Waals surface area contributed by atoms with Crippen molar-refractivity contribution in [1.82, 2.24) is 9.97 Å². The smallest absolute Gasteiger partial charge is 0.189 e. The third kappa shape index (κ3) is 2.13. The molecule has 2 aromatic heterocycles. The van der Waals surface area contributed by atoms with Crippen LogP contribution in [-0.4, -0.2) is 9.97 Å². The largest absolute Gasteiger partial charge is 0.357 e. The minimum absolute atomic E-state index is 0.0213.